The fourth-order valence-corrected chi connectivity index (χ4v) is 14.3. The average molecular weight is 1380 g/mol. The summed E-state index contributed by atoms with van der Waals surface area (Å²) >= 11 is 6.15. The summed E-state index contributed by atoms with van der Waals surface area (Å²) in [4.78, 5) is 24.2. The van der Waals surface area contributed by atoms with Crippen molar-refractivity contribution in [2.75, 3.05) is 0 Å². The quantitative estimate of drug-likeness (QED) is 0.123. The van der Waals surface area contributed by atoms with Crippen LogP contribution in [0.3, 0.4) is 0 Å². The number of fused-ring (bicyclic) bond motifs is 6. The van der Waals surface area contributed by atoms with Gasteiger partial charge in [0.15, 0.2) is 23.3 Å². The van der Waals surface area contributed by atoms with Gasteiger partial charge in [-0.05, 0) is 166 Å². The zero-order valence-corrected chi connectivity index (χ0v) is 59.9. The van der Waals surface area contributed by atoms with E-state index >= 15 is 0 Å². The second kappa shape index (κ2) is 28.7. The van der Waals surface area contributed by atoms with Gasteiger partial charge in [0.25, 0.3) is 0 Å². The van der Waals surface area contributed by atoms with E-state index in [2.05, 4.69) is 207 Å². The van der Waals surface area contributed by atoms with E-state index in [4.69, 9.17) is 45.8 Å². The minimum Gasteiger partial charge on any atom is -0.399 e. The van der Waals surface area contributed by atoms with Crippen LogP contribution in [-0.4, -0.2) is 43.2 Å². The highest BCUT2D eigenvalue weighted by Gasteiger charge is 2.52. The zero-order valence-electron chi connectivity index (χ0n) is 59.2. The molecule has 12 aromatic carbocycles. The fourth-order valence-electron chi connectivity index (χ4n) is 14.1. The monoisotopic (exact) mass is 1380 g/mol. The molecule has 510 valence electrons. The molecule has 9 nitrogen and oxygen atoms in total. The normalized spacial score (nSPS) is 14.1. The summed E-state index contributed by atoms with van der Waals surface area (Å²) in [6.07, 6.45) is 0. The summed E-state index contributed by atoms with van der Waals surface area (Å²) in [6, 6.07) is 106. The number of aromatic nitrogens is 5. The molecule has 1 fully saturated rings. The van der Waals surface area contributed by atoms with E-state index in [9.17, 15) is 10.5 Å². The minimum atomic E-state index is -0.362. The third-order valence-electron chi connectivity index (χ3n) is 20.7. The molecule has 0 N–H and O–H groups in total. The Kier molecular flexibility index (Phi) is 19.1. The number of halogens is 1. The number of hydrogen-bond donors (Lipinski definition) is 0. The predicted octanol–water partition coefficient (Wildman–Crippen LogP) is 23.0. The molecule has 105 heavy (non-hydrogen) atoms. The van der Waals surface area contributed by atoms with Crippen LogP contribution in [0, 0.1) is 22.7 Å². The molecule has 0 atom stereocenters. The van der Waals surface area contributed by atoms with E-state index in [1.807, 2.05) is 158 Å². The standard InChI is InChI=1S/C44H31N3.C27H18ClN3.C22H24BNO2.CH4/c1-44(2)39-24-29(28-45)16-22-37(39)38-23-21-36(26-40(38)44)35-15-9-14-34(25-35)30-17-19-32(20-18-30)42-27-41(31-10-5-3-6-11-31)46-43(47-42)33-12-7-4-8-13-33;28-24-13-7-12-23(18-24)19-14-16-22(17-15-19)27-30-25(20-8-3-1-4-9-20)29-26(31-27)21-10-5-2-6-11-21;1-20(2)18-11-14(13-24)7-9-16(18)17-10-8-15(12-19(17)20)23-25-21(3,4)22(5,6)26-23;/h3-27H,1-2H3;1-18H;7-12H,1-6H3;1H4. The number of benzene rings is 12. The zero-order chi connectivity index (χ0) is 71.9. The van der Waals surface area contributed by atoms with Crippen molar-refractivity contribution in [2.24, 2.45) is 0 Å². The lowest BCUT2D eigenvalue weighted by Gasteiger charge is -2.32. The Hall–Kier alpha value is -12.0. The Morgan fingerprint density at radius 2 is 0.610 bits per heavy atom. The van der Waals surface area contributed by atoms with E-state index < -0.39 is 0 Å². The summed E-state index contributed by atoms with van der Waals surface area (Å²) in [5.74, 6) is 2.67. The van der Waals surface area contributed by atoms with Crippen molar-refractivity contribution in [3.63, 3.8) is 0 Å². The van der Waals surface area contributed by atoms with Crippen LogP contribution in [0.1, 0.15) is 96.2 Å². The fraction of sp³-hybridized carbons (Fsp3) is 0.138. The van der Waals surface area contributed by atoms with E-state index in [0.29, 0.717) is 34.4 Å². The van der Waals surface area contributed by atoms with Gasteiger partial charge in [0.1, 0.15) is 0 Å². The molecule has 2 aliphatic carbocycles. The predicted molar refractivity (Wildman–Crippen MR) is 429 cm³/mol. The van der Waals surface area contributed by atoms with Crippen molar-refractivity contribution in [2.45, 2.75) is 84.8 Å². The maximum Gasteiger partial charge on any atom is 0.494 e. The third kappa shape index (κ3) is 14.0. The molecule has 3 aliphatic rings. The molecule has 1 saturated heterocycles. The van der Waals surface area contributed by atoms with Gasteiger partial charge < -0.3 is 9.31 Å². The molecule has 2 aromatic heterocycles. The lowest BCUT2D eigenvalue weighted by Crippen LogP contribution is -2.41. The highest BCUT2D eigenvalue weighted by atomic mass is 35.5. The lowest BCUT2D eigenvalue weighted by atomic mass is 9.74. The summed E-state index contributed by atoms with van der Waals surface area (Å²) in [5.41, 5.74) is 25.9. The Bertz CT molecular complexity index is 5530. The van der Waals surface area contributed by atoms with Gasteiger partial charge in [0.05, 0.1) is 45.9 Å². The summed E-state index contributed by atoms with van der Waals surface area (Å²) in [6.45, 7) is 17.2. The molecular weight excluding hydrogens is 1310 g/mol. The Morgan fingerprint density at radius 3 is 1.06 bits per heavy atom. The Morgan fingerprint density at radius 1 is 0.295 bits per heavy atom. The van der Waals surface area contributed by atoms with Crippen molar-refractivity contribution >= 4 is 24.2 Å². The van der Waals surface area contributed by atoms with Gasteiger partial charge in [-0.15, -0.1) is 0 Å². The lowest BCUT2D eigenvalue weighted by molar-refractivity contribution is 0.00578. The van der Waals surface area contributed by atoms with Crippen LogP contribution in [-0.2, 0) is 20.1 Å². The summed E-state index contributed by atoms with van der Waals surface area (Å²) in [5, 5.41) is 19.5. The Labute approximate surface area is 621 Å². The largest absolute Gasteiger partial charge is 0.494 e. The van der Waals surface area contributed by atoms with Gasteiger partial charge in [-0.2, -0.15) is 10.5 Å². The van der Waals surface area contributed by atoms with Gasteiger partial charge in [-0.1, -0.05) is 289 Å². The van der Waals surface area contributed by atoms with Crippen LogP contribution in [0.25, 0.3) is 124 Å². The summed E-state index contributed by atoms with van der Waals surface area (Å²) < 4.78 is 12.5. The van der Waals surface area contributed by atoms with Crippen molar-refractivity contribution < 1.29 is 9.31 Å². The van der Waals surface area contributed by atoms with Crippen LogP contribution in [0.2, 0.25) is 5.02 Å². The molecule has 11 heteroatoms. The summed E-state index contributed by atoms with van der Waals surface area (Å²) in [7, 11) is -0.362. The molecule has 0 amide bonds. The molecule has 0 unspecified atom stereocenters. The molecule has 0 saturated carbocycles. The van der Waals surface area contributed by atoms with Crippen molar-refractivity contribution in [3.05, 3.63) is 336 Å². The molecular formula is C94H77BClN7O2. The number of rotatable bonds is 10. The third-order valence-corrected chi connectivity index (χ3v) is 20.9. The van der Waals surface area contributed by atoms with Gasteiger partial charge in [0.2, 0.25) is 0 Å². The second-order valence-corrected chi connectivity index (χ2v) is 29.1. The maximum atomic E-state index is 9.49. The number of nitriles is 2. The minimum absolute atomic E-state index is 0. The highest BCUT2D eigenvalue weighted by Crippen LogP contribution is 2.51. The van der Waals surface area contributed by atoms with E-state index in [1.54, 1.807) is 0 Å². The van der Waals surface area contributed by atoms with Crippen molar-refractivity contribution in [3.8, 4) is 136 Å². The first-order valence-electron chi connectivity index (χ1n) is 35.0. The van der Waals surface area contributed by atoms with Crippen LogP contribution in [0.15, 0.2) is 297 Å². The van der Waals surface area contributed by atoms with Gasteiger partial charge in [-0.25, -0.2) is 24.9 Å². The first kappa shape index (κ1) is 70.0. The second-order valence-electron chi connectivity index (χ2n) is 28.6. The smallest absolute Gasteiger partial charge is 0.399 e. The maximum absolute atomic E-state index is 9.49. The molecule has 17 rings (SSSR count). The van der Waals surface area contributed by atoms with Gasteiger partial charge in [0, 0.05) is 49.2 Å². The van der Waals surface area contributed by atoms with E-state index in [1.165, 1.54) is 55.6 Å². The van der Waals surface area contributed by atoms with E-state index in [0.717, 1.165) is 77.5 Å². The molecule has 0 radical (unpaired) electrons. The average Bonchev–Trinajstić information content (AvgIpc) is 1.58. The Balaban J connectivity index is 0.000000139. The van der Waals surface area contributed by atoms with Crippen molar-refractivity contribution in [1.29, 1.82) is 10.5 Å². The number of hydrogen-bond acceptors (Lipinski definition) is 9. The van der Waals surface area contributed by atoms with Crippen LogP contribution >= 0.6 is 11.6 Å². The van der Waals surface area contributed by atoms with E-state index in [-0.39, 0.29) is 36.6 Å². The van der Waals surface area contributed by atoms with Crippen LogP contribution in [0.4, 0.5) is 0 Å². The SMILES string of the molecule is C.CC1(C)c2cc(C#N)ccc2-c2ccc(-c3cccc(-c4ccc(-c5cc(-c6ccccc6)nc(-c6ccccc6)n5)cc4)c3)cc21.CC1(C)c2cc(C#N)ccc2-c2ccc(B3OC(C)(C)C(C)(C)O3)cc21.Clc1cccc(-c2ccc(-c3nc(-c4ccccc4)nc(-c4ccccc4)n3)cc2)c1. The molecule has 0 bridgehead atoms. The van der Waals surface area contributed by atoms with Crippen LogP contribution in [0.5, 0.6) is 0 Å². The van der Waals surface area contributed by atoms with Crippen molar-refractivity contribution in [1.82, 2.24) is 24.9 Å². The molecule has 0 spiro atoms. The molecule has 3 heterocycles. The highest BCUT2D eigenvalue weighted by molar-refractivity contribution is 6.62. The number of nitrogens with zero attached hydrogens (tertiary/aromatic N) is 7. The van der Waals surface area contributed by atoms with Gasteiger partial charge in [-0.3, -0.25) is 0 Å². The van der Waals surface area contributed by atoms with Gasteiger partial charge >= 0.3 is 7.12 Å². The molecule has 1 aliphatic heterocycles. The first-order valence-corrected chi connectivity index (χ1v) is 35.4. The topological polar surface area (TPSA) is 130 Å². The first-order chi connectivity index (χ1) is 50.3. The van der Waals surface area contributed by atoms with Crippen LogP contribution < -0.4 is 5.46 Å². The molecule has 14 aromatic rings.